The van der Waals surface area contributed by atoms with E-state index in [4.69, 9.17) is 17.0 Å². The lowest BCUT2D eigenvalue weighted by Crippen LogP contribution is -2.70. The second kappa shape index (κ2) is 9.70. The fourth-order valence-corrected chi connectivity index (χ4v) is 10.7. The normalized spacial score (nSPS) is 46.5. The van der Waals surface area contributed by atoms with E-state index in [2.05, 4.69) is 50.8 Å². The van der Waals surface area contributed by atoms with Crippen molar-refractivity contribution in [2.75, 3.05) is 0 Å². The summed E-state index contributed by atoms with van der Waals surface area (Å²) in [6.45, 7) is 14.1. The maximum Gasteiger partial charge on any atom is 0.302 e. The average Bonchev–Trinajstić information content (AvgIpc) is 3.34. The third-order valence-corrected chi connectivity index (χ3v) is 12.2. The molecule has 6 heteroatoms. The summed E-state index contributed by atoms with van der Waals surface area (Å²) in [6, 6.07) is 0. The van der Waals surface area contributed by atoms with Crippen LogP contribution < -0.4 is 16.2 Å². The van der Waals surface area contributed by atoms with Gasteiger partial charge in [0.25, 0.3) is 0 Å². The quantitative estimate of drug-likeness (QED) is 0.283. The largest absolute Gasteiger partial charge is 0.463 e. The molecular formula is C30H51N3O2S. The summed E-state index contributed by atoms with van der Waals surface area (Å²) in [5, 5.41) is 4.45. The summed E-state index contributed by atoms with van der Waals surface area (Å²) >= 11 is 5.61. The number of ether oxygens (including phenoxy) is 1. The van der Waals surface area contributed by atoms with Gasteiger partial charge >= 0.3 is 5.97 Å². The molecule has 5 fully saturated rings. The van der Waals surface area contributed by atoms with Crippen LogP contribution in [0.25, 0.3) is 0 Å². The van der Waals surface area contributed by atoms with Gasteiger partial charge in [-0.1, -0.05) is 53.9 Å². The molecule has 0 aromatic rings. The lowest BCUT2D eigenvalue weighted by molar-refractivity contribution is -0.180. The molecule has 1 spiro atoms. The molecule has 1 saturated heterocycles. The van der Waals surface area contributed by atoms with Crippen molar-refractivity contribution in [3.8, 4) is 0 Å². The molecule has 0 radical (unpaired) electrons. The highest BCUT2D eigenvalue weighted by Crippen LogP contribution is 2.69. The number of fused-ring (bicyclic) bond motifs is 6. The summed E-state index contributed by atoms with van der Waals surface area (Å²) < 4.78 is 5.78. The zero-order valence-electron chi connectivity index (χ0n) is 23.6. The number of esters is 1. The van der Waals surface area contributed by atoms with E-state index >= 15 is 0 Å². The Hall–Kier alpha value is -0.880. The van der Waals surface area contributed by atoms with Crippen LogP contribution in [0.2, 0.25) is 0 Å². The molecule has 10 unspecified atom stereocenters. The Morgan fingerprint density at radius 1 is 1.06 bits per heavy atom. The van der Waals surface area contributed by atoms with E-state index in [1.807, 2.05) is 0 Å². The molecule has 0 aromatic carbocycles. The molecule has 1 heterocycles. The topological polar surface area (TPSA) is 62.4 Å². The van der Waals surface area contributed by atoms with E-state index < -0.39 is 0 Å². The minimum absolute atomic E-state index is 0.0168. The number of hydrogen-bond acceptors (Lipinski definition) is 4. The summed E-state index contributed by atoms with van der Waals surface area (Å²) in [5.41, 5.74) is 7.39. The molecule has 4 saturated carbocycles. The van der Waals surface area contributed by atoms with Gasteiger partial charge in [-0.3, -0.25) is 10.2 Å². The first-order valence-corrected chi connectivity index (χ1v) is 15.4. The van der Waals surface area contributed by atoms with Crippen molar-refractivity contribution >= 4 is 23.3 Å². The first-order chi connectivity index (χ1) is 17.0. The van der Waals surface area contributed by atoms with Crippen LogP contribution in [0.1, 0.15) is 112 Å². The Morgan fingerprint density at radius 2 is 1.78 bits per heavy atom. The fraction of sp³-hybridized carbons (Fsp3) is 0.933. The van der Waals surface area contributed by atoms with Crippen molar-refractivity contribution in [2.24, 2.45) is 52.3 Å². The smallest absolute Gasteiger partial charge is 0.302 e. The Kier molecular flexibility index (Phi) is 7.20. The van der Waals surface area contributed by atoms with Crippen molar-refractivity contribution < 1.29 is 9.53 Å². The lowest BCUT2D eigenvalue weighted by atomic mass is 9.42. The molecule has 36 heavy (non-hydrogen) atoms. The zero-order valence-corrected chi connectivity index (χ0v) is 24.4. The highest BCUT2D eigenvalue weighted by Gasteiger charge is 2.67. The van der Waals surface area contributed by atoms with E-state index in [0.717, 1.165) is 55.3 Å². The van der Waals surface area contributed by atoms with Gasteiger partial charge in [0.15, 0.2) is 5.11 Å². The molecule has 0 amide bonds. The summed E-state index contributed by atoms with van der Waals surface area (Å²) in [7, 11) is 0. The number of hydrogen-bond donors (Lipinski definition) is 3. The van der Waals surface area contributed by atoms with Crippen molar-refractivity contribution in [3.05, 3.63) is 0 Å². The van der Waals surface area contributed by atoms with E-state index in [9.17, 15) is 4.79 Å². The van der Waals surface area contributed by atoms with Crippen molar-refractivity contribution in [1.29, 1.82) is 0 Å². The van der Waals surface area contributed by atoms with Crippen LogP contribution in [-0.4, -0.2) is 22.8 Å². The van der Waals surface area contributed by atoms with Gasteiger partial charge in [0.2, 0.25) is 0 Å². The fourth-order valence-electron chi connectivity index (χ4n) is 10.5. The summed E-state index contributed by atoms with van der Waals surface area (Å²) in [4.78, 5) is 11.8. The number of hydrazine groups is 1. The Balaban J connectivity index is 1.40. The minimum atomic E-state index is -0.245. The van der Waals surface area contributed by atoms with E-state index in [1.54, 1.807) is 6.92 Å². The highest BCUT2D eigenvalue weighted by atomic mass is 32.1. The van der Waals surface area contributed by atoms with Gasteiger partial charge < -0.3 is 10.1 Å². The average molecular weight is 518 g/mol. The predicted molar refractivity (Wildman–Crippen MR) is 149 cm³/mol. The first-order valence-electron chi connectivity index (χ1n) is 15.0. The van der Waals surface area contributed by atoms with Crippen LogP contribution >= 0.6 is 12.2 Å². The molecule has 0 bridgehead atoms. The Labute approximate surface area is 225 Å². The highest BCUT2D eigenvalue weighted by molar-refractivity contribution is 7.80. The van der Waals surface area contributed by atoms with Crippen LogP contribution in [0.3, 0.4) is 0 Å². The van der Waals surface area contributed by atoms with Gasteiger partial charge in [-0.2, -0.15) is 0 Å². The standard InChI is InChI=1S/C30H51N3O2S/c1-18(2)8-7-9-19(3)23-10-11-24-22-17-30(31-27(36)32-33-30)26-16-21(35-20(4)34)12-14-29(26,6)25(22)13-15-28(23,24)5/h18-19,21-26,33H,7-17H2,1-6H3,(H2,31,32,36). The Bertz CT molecular complexity index is 865. The Morgan fingerprint density at radius 3 is 2.44 bits per heavy atom. The van der Waals surface area contributed by atoms with Crippen LogP contribution in [0.15, 0.2) is 0 Å². The third kappa shape index (κ3) is 4.40. The first kappa shape index (κ1) is 26.7. The SMILES string of the molecule is CC(=O)OC1CCC2(C)C3CCC4(C)C(C(C)CCCC(C)C)CCC4C3CC3(NNC(=S)N3)C2C1. The summed E-state index contributed by atoms with van der Waals surface area (Å²) in [6.07, 6.45) is 13.8. The minimum Gasteiger partial charge on any atom is -0.463 e. The lowest BCUT2D eigenvalue weighted by Gasteiger charge is -2.65. The molecular weight excluding hydrogens is 466 g/mol. The van der Waals surface area contributed by atoms with Crippen LogP contribution in [0, 0.1) is 52.3 Å². The van der Waals surface area contributed by atoms with E-state index in [0.29, 0.717) is 22.4 Å². The molecule has 204 valence electrons. The molecule has 4 aliphatic carbocycles. The maximum absolute atomic E-state index is 11.8. The predicted octanol–water partition coefficient (Wildman–Crippen LogP) is 6.33. The number of carbonyl (C=O) groups excluding carboxylic acids is 1. The maximum atomic E-state index is 11.8. The van der Waals surface area contributed by atoms with Gasteiger partial charge in [0.05, 0.1) is 0 Å². The van der Waals surface area contributed by atoms with Gasteiger partial charge in [-0.05, 0) is 110 Å². The number of carbonyl (C=O) groups is 1. The second-order valence-corrected chi connectivity index (χ2v) is 14.8. The second-order valence-electron chi connectivity index (χ2n) is 14.4. The number of nitrogens with one attached hydrogen (secondary N) is 3. The molecule has 3 N–H and O–H groups in total. The van der Waals surface area contributed by atoms with Gasteiger partial charge in [-0.25, -0.2) is 5.43 Å². The molecule has 5 aliphatic rings. The molecule has 5 rings (SSSR count). The monoisotopic (exact) mass is 517 g/mol. The summed E-state index contributed by atoms with van der Waals surface area (Å²) in [5.74, 6) is 4.99. The van der Waals surface area contributed by atoms with Crippen LogP contribution in [-0.2, 0) is 9.53 Å². The number of thiocarbonyl (C=S) groups is 1. The van der Waals surface area contributed by atoms with Gasteiger partial charge in [0.1, 0.15) is 11.8 Å². The van der Waals surface area contributed by atoms with Crippen molar-refractivity contribution in [3.63, 3.8) is 0 Å². The van der Waals surface area contributed by atoms with E-state index in [1.165, 1.54) is 44.9 Å². The van der Waals surface area contributed by atoms with Crippen LogP contribution in [0.5, 0.6) is 0 Å². The molecule has 5 nitrogen and oxygen atoms in total. The van der Waals surface area contributed by atoms with E-state index in [-0.39, 0.29) is 23.2 Å². The van der Waals surface area contributed by atoms with Crippen LogP contribution in [0.4, 0.5) is 0 Å². The molecule has 10 atom stereocenters. The van der Waals surface area contributed by atoms with Crippen molar-refractivity contribution in [1.82, 2.24) is 16.2 Å². The zero-order chi connectivity index (χ0) is 25.9. The molecule has 0 aromatic heterocycles. The third-order valence-electron chi connectivity index (χ3n) is 12.0. The van der Waals surface area contributed by atoms with Gasteiger partial charge in [-0.15, -0.1) is 0 Å². The van der Waals surface area contributed by atoms with Crippen molar-refractivity contribution in [2.45, 2.75) is 124 Å². The molecule has 1 aliphatic heterocycles. The number of rotatable bonds is 6. The van der Waals surface area contributed by atoms with Gasteiger partial charge in [0, 0.05) is 12.8 Å².